The number of hydrogen-bond acceptors (Lipinski definition) is 5. The molecule has 0 atom stereocenters. The molecule has 0 radical (unpaired) electrons. The molecule has 0 saturated carbocycles. The highest BCUT2D eigenvalue weighted by Gasteiger charge is 2.11. The van der Waals surface area contributed by atoms with E-state index in [1.165, 1.54) is 24.4 Å². The van der Waals surface area contributed by atoms with Gasteiger partial charge in [0.15, 0.2) is 11.5 Å². The van der Waals surface area contributed by atoms with Crippen molar-refractivity contribution < 1.29 is 23.5 Å². The first-order valence-corrected chi connectivity index (χ1v) is 11.7. The van der Waals surface area contributed by atoms with Crippen LogP contribution in [0, 0.1) is 5.82 Å². The molecule has 0 saturated heterocycles. The quantitative estimate of drug-likeness (QED) is 0.268. The minimum atomic E-state index is -0.616. The molecule has 0 spiro atoms. The van der Waals surface area contributed by atoms with Crippen LogP contribution in [0.2, 0.25) is 0 Å². The average molecular weight is 542 g/mol. The van der Waals surface area contributed by atoms with Crippen molar-refractivity contribution >= 4 is 34.0 Å². The summed E-state index contributed by atoms with van der Waals surface area (Å²) in [4.78, 5) is 23.9. The lowest BCUT2D eigenvalue weighted by Crippen LogP contribution is -2.29. The van der Waals surface area contributed by atoms with Gasteiger partial charge < -0.3 is 14.8 Å². The lowest BCUT2D eigenvalue weighted by Gasteiger charge is -2.12. The minimum absolute atomic E-state index is 0.00936. The van der Waals surface area contributed by atoms with Crippen LogP contribution in [0.3, 0.4) is 0 Å². The number of halogens is 2. The summed E-state index contributed by atoms with van der Waals surface area (Å²) in [5.74, 6) is -0.424. The highest BCUT2D eigenvalue weighted by molar-refractivity contribution is 9.10. The molecule has 0 fully saturated rings. The van der Waals surface area contributed by atoms with E-state index >= 15 is 0 Å². The standard InChI is InChI=1S/C26H25BrFN3O4/c1-2-34-24-15-19(9-12-23(24)35-17-18-7-10-20(27)11-8-18)16-30-31-25(32)13-14-29-26(33)21-5-3-4-6-22(21)28/h3-12,15-16H,2,13-14,17H2,1H3,(H,29,33)(H,31,32). The predicted octanol–water partition coefficient (Wildman–Crippen LogP) is 4.84. The largest absolute Gasteiger partial charge is 0.490 e. The Labute approximate surface area is 211 Å². The van der Waals surface area contributed by atoms with Crippen LogP contribution >= 0.6 is 15.9 Å². The number of rotatable bonds is 11. The van der Waals surface area contributed by atoms with Gasteiger partial charge in [-0.3, -0.25) is 9.59 Å². The lowest BCUT2D eigenvalue weighted by atomic mass is 10.2. The number of hydrogen-bond donors (Lipinski definition) is 2. The minimum Gasteiger partial charge on any atom is -0.490 e. The molecular weight excluding hydrogens is 517 g/mol. The molecule has 9 heteroatoms. The maximum Gasteiger partial charge on any atom is 0.254 e. The first-order valence-electron chi connectivity index (χ1n) is 10.9. The molecule has 2 amide bonds. The van der Waals surface area contributed by atoms with Crippen LogP contribution in [-0.2, 0) is 11.4 Å². The third-order valence-electron chi connectivity index (χ3n) is 4.73. The summed E-state index contributed by atoms with van der Waals surface area (Å²) in [6.07, 6.45) is 1.47. The summed E-state index contributed by atoms with van der Waals surface area (Å²) >= 11 is 3.41. The van der Waals surface area contributed by atoms with Gasteiger partial charge in [0.2, 0.25) is 5.91 Å². The monoisotopic (exact) mass is 541 g/mol. The normalized spacial score (nSPS) is 10.7. The number of nitrogens with one attached hydrogen (secondary N) is 2. The molecule has 0 bridgehead atoms. The number of hydrazone groups is 1. The van der Waals surface area contributed by atoms with Gasteiger partial charge in [-0.25, -0.2) is 9.82 Å². The van der Waals surface area contributed by atoms with Crippen molar-refractivity contribution in [1.29, 1.82) is 0 Å². The Morgan fingerprint density at radius 1 is 1.03 bits per heavy atom. The molecule has 7 nitrogen and oxygen atoms in total. The molecular formula is C26H25BrFN3O4. The summed E-state index contributed by atoms with van der Waals surface area (Å²) in [6, 6.07) is 18.8. The molecule has 0 aliphatic heterocycles. The van der Waals surface area contributed by atoms with Crippen molar-refractivity contribution in [3.8, 4) is 11.5 Å². The van der Waals surface area contributed by atoms with Crippen LogP contribution in [0.25, 0.3) is 0 Å². The molecule has 0 aliphatic rings. The van der Waals surface area contributed by atoms with E-state index in [0.29, 0.717) is 30.3 Å². The third kappa shape index (κ3) is 8.22. The molecule has 0 aromatic heterocycles. The zero-order valence-corrected chi connectivity index (χ0v) is 20.7. The van der Waals surface area contributed by atoms with Crippen LogP contribution in [0.5, 0.6) is 11.5 Å². The number of nitrogens with zero attached hydrogens (tertiary/aromatic N) is 1. The maximum atomic E-state index is 13.6. The molecule has 2 N–H and O–H groups in total. The van der Waals surface area contributed by atoms with Crippen molar-refractivity contribution in [2.75, 3.05) is 13.2 Å². The van der Waals surface area contributed by atoms with E-state index in [-0.39, 0.29) is 18.5 Å². The number of carbonyl (C=O) groups excluding carboxylic acids is 2. The van der Waals surface area contributed by atoms with Crippen LogP contribution in [0.1, 0.15) is 34.8 Å². The highest BCUT2D eigenvalue weighted by atomic mass is 79.9. The van der Waals surface area contributed by atoms with Gasteiger partial charge >= 0.3 is 0 Å². The lowest BCUT2D eigenvalue weighted by molar-refractivity contribution is -0.120. The zero-order chi connectivity index (χ0) is 25.0. The van der Waals surface area contributed by atoms with Crippen molar-refractivity contribution in [3.05, 3.63) is 93.7 Å². The first-order chi connectivity index (χ1) is 17.0. The second kappa shape index (κ2) is 13.2. The molecule has 0 heterocycles. The summed E-state index contributed by atoms with van der Waals surface area (Å²) in [6.45, 7) is 2.78. The van der Waals surface area contributed by atoms with Gasteiger partial charge in [-0.2, -0.15) is 5.10 Å². The van der Waals surface area contributed by atoms with Crippen molar-refractivity contribution in [2.45, 2.75) is 20.0 Å². The van der Waals surface area contributed by atoms with Crippen molar-refractivity contribution in [3.63, 3.8) is 0 Å². The average Bonchev–Trinajstić information content (AvgIpc) is 2.85. The first kappa shape index (κ1) is 25.9. The Balaban J connectivity index is 1.49. The summed E-state index contributed by atoms with van der Waals surface area (Å²) in [5.41, 5.74) is 4.06. The smallest absolute Gasteiger partial charge is 0.254 e. The molecule has 0 unspecified atom stereocenters. The zero-order valence-electron chi connectivity index (χ0n) is 19.1. The molecule has 35 heavy (non-hydrogen) atoms. The van der Waals surface area contributed by atoms with Crippen LogP contribution < -0.4 is 20.2 Å². The van der Waals surface area contributed by atoms with E-state index in [4.69, 9.17) is 9.47 Å². The molecule has 3 aromatic rings. The van der Waals surface area contributed by atoms with Gasteiger partial charge in [-0.1, -0.05) is 40.2 Å². The Morgan fingerprint density at radius 2 is 1.80 bits per heavy atom. The van der Waals surface area contributed by atoms with Gasteiger partial charge in [0.05, 0.1) is 18.4 Å². The Morgan fingerprint density at radius 3 is 2.54 bits per heavy atom. The number of amides is 2. The fourth-order valence-electron chi connectivity index (χ4n) is 3.00. The number of benzene rings is 3. The molecule has 0 aliphatic carbocycles. The fraction of sp³-hybridized carbons (Fsp3) is 0.192. The Kier molecular flexibility index (Phi) is 9.80. The topological polar surface area (TPSA) is 89.0 Å². The Hall–Kier alpha value is -3.72. The van der Waals surface area contributed by atoms with Crippen LogP contribution in [0.4, 0.5) is 4.39 Å². The summed E-state index contributed by atoms with van der Waals surface area (Å²) in [7, 11) is 0. The number of carbonyl (C=O) groups is 2. The van der Waals surface area contributed by atoms with Gasteiger partial charge in [0, 0.05) is 17.4 Å². The van der Waals surface area contributed by atoms with Gasteiger partial charge in [-0.05, 0) is 60.5 Å². The summed E-state index contributed by atoms with van der Waals surface area (Å²) in [5, 5.41) is 6.45. The van der Waals surface area contributed by atoms with Crippen LogP contribution in [0.15, 0.2) is 76.3 Å². The predicted molar refractivity (Wildman–Crippen MR) is 135 cm³/mol. The van der Waals surface area contributed by atoms with E-state index in [2.05, 4.69) is 31.8 Å². The SMILES string of the molecule is CCOc1cc(C=NNC(=O)CCNC(=O)c2ccccc2F)ccc1OCc1ccc(Br)cc1. The second-order valence-corrected chi connectivity index (χ2v) is 8.25. The van der Waals surface area contributed by atoms with E-state index in [1.807, 2.05) is 31.2 Å². The molecule has 182 valence electrons. The Bertz CT molecular complexity index is 1190. The van der Waals surface area contributed by atoms with Crippen molar-refractivity contribution in [2.24, 2.45) is 5.10 Å². The maximum absolute atomic E-state index is 13.6. The van der Waals surface area contributed by atoms with Crippen molar-refractivity contribution in [1.82, 2.24) is 10.7 Å². The van der Waals surface area contributed by atoms with Gasteiger partial charge in [0.1, 0.15) is 12.4 Å². The third-order valence-corrected chi connectivity index (χ3v) is 5.26. The van der Waals surface area contributed by atoms with E-state index in [0.717, 1.165) is 10.0 Å². The van der Waals surface area contributed by atoms with E-state index in [1.54, 1.807) is 24.3 Å². The number of ether oxygens (including phenoxy) is 2. The molecule has 3 aromatic carbocycles. The fourth-order valence-corrected chi connectivity index (χ4v) is 3.26. The molecule has 3 rings (SSSR count). The van der Waals surface area contributed by atoms with E-state index in [9.17, 15) is 14.0 Å². The second-order valence-electron chi connectivity index (χ2n) is 7.33. The summed E-state index contributed by atoms with van der Waals surface area (Å²) < 4.78 is 26.2. The van der Waals surface area contributed by atoms with Gasteiger partial charge in [-0.15, -0.1) is 0 Å². The van der Waals surface area contributed by atoms with Crippen LogP contribution in [-0.4, -0.2) is 31.2 Å². The van der Waals surface area contributed by atoms with E-state index < -0.39 is 17.6 Å². The highest BCUT2D eigenvalue weighted by Crippen LogP contribution is 2.29. The van der Waals surface area contributed by atoms with Gasteiger partial charge in [0.25, 0.3) is 5.91 Å².